The van der Waals surface area contributed by atoms with Gasteiger partial charge in [0.2, 0.25) is 0 Å². The van der Waals surface area contributed by atoms with Gasteiger partial charge in [0.25, 0.3) is 0 Å². The molecule has 0 bridgehead atoms. The molecule has 0 nitrogen and oxygen atoms in total. The van der Waals surface area contributed by atoms with Gasteiger partial charge in [0, 0.05) is 16.7 Å². The summed E-state index contributed by atoms with van der Waals surface area (Å²) in [5.41, 5.74) is 21.3. The van der Waals surface area contributed by atoms with Crippen LogP contribution in [-0.4, -0.2) is 0 Å². The van der Waals surface area contributed by atoms with E-state index in [-0.39, 0.29) is 22.2 Å². The predicted molar refractivity (Wildman–Crippen MR) is 338 cm³/mol. The molecule has 0 radical (unpaired) electrons. The lowest BCUT2D eigenvalue weighted by Gasteiger charge is -2.57. The van der Waals surface area contributed by atoms with E-state index in [1.807, 2.05) is 5.57 Å². The molecule has 8 aliphatic rings. The third-order valence-electron chi connectivity index (χ3n) is 28.3. The van der Waals surface area contributed by atoms with E-state index in [1.165, 1.54) is 16.7 Å². The molecular weight excluding hydrogens is 973 g/mol. The number of hydrogen-bond donors (Lipinski definition) is 0. The highest BCUT2D eigenvalue weighted by atomic mass is 14.8. The molecule has 27 aromatic rings. The van der Waals surface area contributed by atoms with Gasteiger partial charge < -0.3 is 0 Å². The van der Waals surface area contributed by atoms with E-state index in [2.05, 4.69) is 91.0 Å². The lowest BCUT2D eigenvalue weighted by atomic mass is 9.44. The number of allylic oxidation sites excluding steroid dienone is 2. The van der Waals surface area contributed by atoms with Crippen LogP contribution < -0.4 is 0 Å². The van der Waals surface area contributed by atoms with E-state index in [9.17, 15) is 0 Å². The third-order valence-corrected chi connectivity index (χ3v) is 28.3. The molecular formula is C81H22. The molecule has 0 saturated carbocycles. The minimum Gasteiger partial charge on any atom is -0.0622 e. The molecule has 0 fully saturated rings. The minimum absolute atomic E-state index is 0.206. The highest BCUT2D eigenvalue weighted by Gasteiger charge is 2.74. The zero-order chi connectivity index (χ0) is 48.9. The zero-order valence-corrected chi connectivity index (χ0v) is 42.4. The van der Waals surface area contributed by atoms with Gasteiger partial charge in [-0.1, -0.05) is 91.0 Å². The Labute approximate surface area is 449 Å². The van der Waals surface area contributed by atoms with Crippen LogP contribution in [0.4, 0.5) is 0 Å². The summed E-state index contributed by atoms with van der Waals surface area (Å²) in [4.78, 5) is 0. The number of benzene rings is 19. The first kappa shape index (κ1) is 32.5. The van der Waals surface area contributed by atoms with Crippen molar-refractivity contribution in [1.29, 1.82) is 0 Å². The van der Waals surface area contributed by atoms with Crippen molar-refractivity contribution < 1.29 is 0 Å². The fourth-order valence-electron chi connectivity index (χ4n) is 28.0. The summed E-state index contributed by atoms with van der Waals surface area (Å²) in [6.07, 6.45) is 3.04. The average Bonchev–Trinajstić information content (AvgIpc) is 1.49. The Morgan fingerprint density at radius 2 is 0.494 bits per heavy atom. The molecule has 81 heavy (non-hydrogen) atoms. The first-order valence-corrected chi connectivity index (χ1v) is 30.5. The van der Waals surface area contributed by atoms with Crippen LogP contribution in [0.3, 0.4) is 0 Å². The van der Waals surface area contributed by atoms with Crippen molar-refractivity contribution in [3.8, 4) is 0 Å². The molecule has 35 rings (SSSR count). The van der Waals surface area contributed by atoms with E-state index in [0.29, 0.717) is 0 Å². The Kier molecular flexibility index (Phi) is 3.19. The number of hydrogen-bond acceptors (Lipinski definition) is 0. The normalized spacial score (nSPS) is 23.9. The second-order valence-corrected chi connectivity index (χ2v) is 29.3. The minimum atomic E-state index is -0.357. The predicted octanol–water partition coefficient (Wildman–Crippen LogP) is 20.3. The topological polar surface area (TPSA) is 0 Å². The summed E-state index contributed by atoms with van der Waals surface area (Å²) in [7, 11) is 0. The van der Waals surface area contributed by atoms with Crippen molar-refractivity contribution in [1.82, 2.24) is 0 Å². The van der Waals surface area contributed by atoms with Gasteiger partial charge in [-0.3, -0.25) is 0 Å². The Morgan fingerprint density at radius 1 is 0.222 bits per heavy atom. The quantitative estimate of drug-likeness (QED) is 0.146. The summed E-state index contributed by atoms with van der Waals surface area (Å²) in [6, 6.07) is 36.3. The van der Waals surface area contributed by atoms with Crippen molar-refractivity contribution >= 4 is 253 Å². The van der Waals surface area contributed by atoms with Crippen LogP contribution in [0.15, 0.2) is 96.6 Å². The van der Waals surface area contributed by atoms with E-state index in [4.69, 9.17) is 0 Å². The van der Waals surface area contributed by atoms with Crippen molar-refractivity contribution in [2.45, 2.75) is 41.4 Å². The summed E-state index contributed by atoms with van der Waals surface area (Å²) in [5.74, 6) is 0.206. The summed E-state index contributed by atoms with van der Waals surface area (Å²) in [5, 5.41) is 77.0. The molecule has 346 valence electrons. The SMILES string of the molecule is c1ccc(C[C@@]23C4=C5c6c7c8c9c%10c%11c%12c(c2c2c%13c3c3c%14c%15c(c%16c6c6c8c8c9c9c%11c%11c%17c%12c2c2c%12c%13c%14c%13c%14c%15c%15c%16c6c6c8c8c9c%11c9c(c2%17)c(c%12%13)c2c%14c%15c6c8c29)[C@]53Cc2ccccc2)[C@]%10(Cc2ccccc2)[C@H]47)cc1. The highest BCUT2D eigenvalue weighted by molar-refractivity contribution is 6.79. The third kappa shape index (κ3) is 1.98. The van der Waals surface area contributed by atoms with Crippen LogP contribution in [0.1, 0.15) is 67.1 Å². The van der Waals surface area contributed by atoms with E-state index in [0.717, 1.165) is 19.3 Å². The van der Waals surface area contributed by atoms with Gasteiger partial charge in [0.05, 0.1) is 5.41 Å². The van der Waals surface area contributed by atoms with Crippen LogP contribution in [-0.2, 0) is 35.5 Å². The van der Waals surface area contributed by atoms with E-state index in [1.54, 1.807) is 298 Å². The largest absolute Gasteiger partial charge is 0.0622 e. The maximum absolute atomic E-state index is 2.54. The molecule has 0 spiro atoms. The first-order chi connectivity index (χ1) is 40.3. The molecule has 0 heterocycles. The van der Waals surface area contributed by atoms with Crippen LogP contribution in [0.2, 0.25) is 0 Å². The summed E-state index contributed by atoms with van der Waals surface area (Å²) >= 11 is 0. The van der Waals surface area contributed by atoms with Crippen molar-refractivity contribution in [2.75, 3.05) is 0 Å². The Hall–Kier alpha value is -9.62. The van der Waals surface area contributed by atoms with Crippen LogP contribution in [0, 0.1) is 0 Å². The lowest BCUT2D eigenvalue weighted by Crippen LogP contribution is -2.52. The Morgan fingerprint density at radius 3 is 0.914 bits per heavy atom. The molecule has 0 aromatic heterocycles. The van der Waals surface area contributed by atoms with Crippen molar-refractivity contribution in [3.63, 3.8) is 0 Å². The van der Waals surface area contributed by atoms with Gasteiger partial charge in [-0.15, -0.1) is 0 Å². The first-order valence-electron chi connectivity index (χ1n) is 30.5. The molecule has 4 atom stereocenters. The molecule has 0 saturated heterocycles. The highest BCUT2D eigenvalue weighted by Crippen LogP contribution is 2.89. The zero-order valence-electron chi connectivity index (χ0n) is 42.4. The average molecular weight is 995 g/mol. The van der Waals surface area contributed by atoms with E-state index < -0.39 is 0 Å². The van der Waals surface area contributed by atoms with Crippen LogP contribution in [0.5, 0.6) is 0 Å². The van der Waals surface area contributed by atoms with Gasteiger partial charge in [-0.05, 0) is 339 Å². The van der Waals surface area contributed by atoms with E-state index >= 15 is 0 Å². The summed E-state index contributed by atoms with van der Waals surface area (Å²) in [6.45, 7) is 0. The van der Waals surface area contributed by atoms with Crippen LogP contribution >= 0.6 is 0 Å². The Balaban J connectivity index is 1.07. The fourth-order valence-corrected chi connectivity index (χ4v) is 28.0. The molecule has 27 aromatic carbocycles. The van der Waals surface area contributed by atoms with Gasteiger partial charge >= 0.3 is 0 Å². The molecule has 0 amide bonds. The second-order valence-electron chi connectivity index (χ2n) is 29.3. The maximum Gasteiger partial charge on any atom is 0.0520 e. The van der Waals surface area contributed by atoms with Gasteiger partial charge in [0.1, 0.15) is 0 Å². The monoisotopic (exact) mass is 994 g/mol. The second kappa shape index (κ2) is 7.95. The molecule has 0 aliphatic heterocycles. The Bertz CT molecular complexity index is 7950. The molecule has 0 N–H and O–H groups in total. The van der Waals surface area contributed by atoms with Gasteiger partial charge in [-0.25, -0.2) is 0 Å². The number of rotatable bonds is 6. The van der Waals surface area contributed by atoms with Crippen LogP contribution in [0.25, 0.3) is 253 Å². The van der Waals surface area contributed by atoms with Crippen molar-refractivity contribution in [2.24, 2.45) is 0 Å². The molecule has 8 aliphatic carbocycles. The molecule has 0 unspecified atom stereocenters. The standard InChI is InChI=1S/C81H22/c1-4-10-19(11-5-1)16-79-70-60-50-44-30-28-23-22-24-26-27-25(22)33-35-29(23)31(30)45-47-46(44)58(60)68-69-59(47)61-51(45)49(35)53-39(33)41-37(27)43-42-36(26)40-38-32(24)34(28)48(50)52(38)62(70)64-54(40)56(42)66-67-57(43)55(41)65-63(53)71(61)80(17-20-12-6-2-7-13-20)73(65)75(67)81(74(66)72(64)79,78(76(68)79)77(69)80)18-21-14-8-3-9-15-21/h1-15,76H,16-18H2/t76-,79+,80-,81+/m0/s1. The lowest BCUT2D eigenvalue weighted by molar-refractivity contribution is 0.378. The summed E-state index contributed by atoms with van der Waals surface area (Å²) < 4.78 is 0. The maximum atomic E-state index is 2.54. The van der Waals surface area contributed by atoms with Gasteiger partial charge in [-0.2, -0.15) is 0 Å². The smallest absolute Gasteiger partial charge is 0.0520 e. The van der Waals surface area contributed by atoms with Crippen molar-refractivity contribution in [3.05, 3.63) is 158 Å². The fraction of sp³-hybridized carbons (Fsp3) is 0.0864. The molecule has 0 heteroatoms. The van der Waals surface area contributed by atoms with Gasteiger partial charge in [0.15, 0.2) is 0 Å².